The van der Waals surface area contributed by atoms with Gasteiger partial charge in [-0.25, -0.2) is 4.98 Å². The predicted octanol–water partition coefficient (Wildman–Crippen LogP) is 4.36. The van der Waals surface area contributed by atoms with Gasteiger partial charge in [-0.1, -0.05) is 23.3 Å². The molecule has 1 N–H and O–H groups in total. The number of carbonyl (C=O) groups excluding carboxylic acids is 1. The van der Waals surface area contributed by atoms with Crippen molar-refractivity contribution < 1.29 is 4.79 Å². The van der Waals surface area contributed by atoms with Crippen molar-refractivity contribution in [2.45, 2.75) is 26.7 Å². The number of nitrogens with zero attached hydrogens (tertiary/aromatic N) is 3. The minimum absolute atomic E-state index is 0.0306. The van der Waals surface area contributed by atoms with Gasteiger partial charge in [-0.2, -0.15) is 0 Å². The van der Waals surface area contributed by atoms with E-state index in [0.29, 0.717) is 22.9 Å². The Labute approximate surface area is 152 Å². The molecule has 1 aliphatic rings. The van der Waals surface area contributed by atoms with E-state index < -0.39 is 0 Å². The smallest absolute Gasteiger partial charge is 0.255 e. The fourth-order valence-corrected chi connectivity index (χ4v) is 3.03. The number of rotatable bonds is 3. The maximum atomic E-state index is 12.7. The van der Waals surface area contributed by atoms with Gasteiger partial charge in [0.25, 0.3) is 5.91 Å². The topological polar surface area (TPSA) is 58.1 Å². The second-order valence-electron chi connectivity index (χ2n) is 6.14. The predicted molar refractivity (Wildman–Crippen MR) is 100 cm³/mol. The summed E-state index contributed by atoms with van der Waals surface area (Å²) in [6.07, 6.45) is 7.44. The molecule has 1 fully saturated rings. The van der Waals surface area contributed by atoms with Crippen LogP contribution >= 0.6 is 11.6 Å². The number of anilines is 2. The molecule has 0 atom stereocenters. The van der Waals surface area contributed by atoms with Crippen molar-refractivity contribution in [2.75, 3.05) is 18.4 Å². The van der Waals surface area contributed by atoms with Crippen LogP contribution in [-0.4, -0.2) is 33.9 Å². The van der Waals surface area contributed by atoms with Crippen LogP contribution in [0.5, 0.6) is 0 Å². The lowest BCUT2D eigenvalue weighted by atomic mass is 10.0. The molecule has 1 saturated heterocycles. The van der Waals surface area contributed by atoms with Crippen LogP contribution in [0, 0.1) is 6.92 Å². The average Bonchev–Trinajstić information content (AvgIpc) is 2.64. The number of hydrogen-bond donors (Lipinski definition) is 1. The van der Waals surface area contributed by atoms with E-state index in [1.54, 1.807) is 18.5 Å². The van der Waals surface area contributed by atoms with Crippen molar-refractivity contribution in [1.29, 1.82) is 0 Å². The van der Waals surface area contributed by atoms with Gasteiger partial charge < -0.3 is 10.2 Å². The summed E-state index contributed by atoms with van der Waals surface area (Å²) in [5, 5.41) is 3.53. The van der Waals surface area contributed by atoms with Crippen LogP contribution in [0.3, 0.4) is 0 Å². The highest BCUT2D eigenvalue weighted by atomic mass is 35.5. The van der Waals surface area contributed by atoms with Gasteiger partial charge in [0.1, 0.15) is 5.82 Å². The lowest BCUT2D eigenvalue weighted by Crippen LogP contribution is -2.36. The van der Waals surface area contributed by atoms with E-state index in [4.69, 9.17) is 11.6 Å². The first-order valence-corrected chi connectivity index (χ1v) is 8.73. The Morgan fingerprint density at radius 2 is 2.16 bits per heavy atom. The molecule has 3 rings (SSSR count). The molecule has 3 heterocycles. The molecule has 2 aromatic rings. The van der Waals surface area contributed by atoms with Crippen molar-refractivity contribution in [1.82, 2.24) is 14.9 Å². The normalized spacial score (nSPS) is 16.1. The second-order valence-corrected chi connectivity index (χ2v) is 6.55. The molecule has 1 amide bonds. The molecule has 130 valence electrons. The number of hydrogen-bond acceptors (Lipinski definition) is 4. The van der Waals surface area contributed by atoms with E-state index in [2.05, 4.69) is 21.4 Å². The molecule has 5 nitrogen and oxygen atoms in total. The van der Waals surface area contributed by atoms with Gasteiger partial charge in [-0.05, 0) is 44.9 Å². The number of piperidine rings is 1. The van der Waals surface area contributed by atoms with Gasteiger partial charge in [0, 0.05) is 25.0 Å². The number of nitrogens with one attached hydrogen (secondary N) is 1. The van der Waals surface area contributed by atoms with Gasteiger partial charge in [0.05, 0.1) is 22.5 Å². The van der Waals surface area contributed by atoms with Crippen LogP contribution in [0.4, 0.5) is 11.5 Å². The monoisotopic (exact) mass is 356 g/mol. The maximum absolute atomic E-state index is 12.7. The first-order valence-electron chi connectivity index (χ1n) is 8.35. The van der Waals surface area contributed by atoms with Crippen LogP contribution in [0.15, 0.2) is 42.2 Å². The molecule has 0 unspecified atom stereocenters. The molecule has 0 aliphatic carbocycles. The summed E-state index contributed by atoms with van der Waals surface area (Å²) in [5.74, 6) is 0.480. The molecular weight excluding hydrogens is 336 g/mol. The number of aromatic nitrogens is 2. The molecule has 0 spiro atoms. The lowest BCUT2D eigenvalue weighted by molar-refractivity contribution is 0.0751. The van der Waals surface area contributed by atoms with Gasteiger partial charge in [-0.15, -0.1) is 0 Å². The van der Waals surface area contributed by atoms with Crippen LogP contribution in [0.2, 0.25) is 5.02 Å². The molecule has 0 bridgehead atoms. The number of carbonyl (C=O) groups is 1. The van der Waals surface area contributed by atoms with Crippen LogP contribution in [0.1, 0.15) is 35.8 Å². The fraction of sp³-hybridized carbons (Fsp3) is 0.316. The zero-order chi connectivity index (χ0) is 17.8. The van der Waals surface area contributed by atoms with E-state index in [9.17, 15) is 4.79 Å². The highest BCUT2D eigenvalue weighted by Crippen LogP contribution is 2.25. The second kappa shape index (κ2) is 7.66. The minimum Gasteiger partial charge on any atom is -0.338 e. The molecule has 0 saturated carbocycles. The zero-order valence-corrected chi connectivity index (χ0v) is 15.2. The highest BCUT2D eigenvalue weighted by molar-refractivity contribution is 6.33. The lowest BCUT2D eigenvalue weighted by Gasteiger charge is -2.28. The first kappa shape index (κ1) is 17.4. The quantitative estimate of drug-likeness (QED) is 0.830. The van der Waals surface area contributed by atoms with Gasteiger partial charge in [-0.3, -0.25) is 9.78 Å². The Morgan fingerprint density at radius 1 is 1.32 bits per heavy atom. The SMILES string of the molecule is CC=C1CCCN(C(=O)c2cnc(Nc3ccc(C)nc3)c(Cl)c2)C1. The third kappa shape index (κ3) is 4.17. The highest BCUT2D eigenvalue weighted by Gasteiger charge is 2.21. The number of amides is 1. The van der Waals surface area contributed by atoms with Crippen LogP contribution < -0.4 is 5.32 Å². The number of allylic oxidation sites excluding steroid dienone is 1. The molecule has 6 heteroatoms. The average molecular weight is 357 g/mol. The molecule has 0 radical (unpaired) electrons. The Kier molecular flexibility index (Phi) is 5.34. The third-order valence-electron chi connectivity index (χ3n) is 4.28. The van der Waals surface area contributed by atoms with Crippen molar-refractivity contribution in [3.05, 3.63) is 58.5 Å². The van der Waals surface area contributed by atoms with E-state index in [0.717, 1.165) is 30.8 Å². The van der Waals surface area contributed by atoms with Crippen molar-refractivity contribution >= 4 is 29.0 Å². The fourth-order valence-electron chi connectivity index (χ4n) is 2.82. The van der Waals surface area contributed by atoms with Crippen LogP contribution in [0.25, 0.3) is 0 Å². The number of aryl methyl sites for hydroxylation is 1. The molecule has 1 aliphatic heterocycles. The summed E-state index contributed by atoms with van der Waals surface area (Å²) in [4.78, 5) is 23.1. The Bertz CT molecular complexity index is 802. The van der Waals surface area contributed by atoms with Gasteiger partial charge in [0.2, 0.25) is 0 Å². The van der Waals surface area contributed by atoms with Gasteiger partial charge >= 0.3 is 0 Å². The molecule has 25 heavy (non-hydrogen) atoms. The summed E-state index contributed by atoms with van der Waals surface area (Å²) in [6, 6.07) is 5.49. The van der Waals surface area contributed by atoms with Crippen LogP contribution in [-0.2, 0) is 0 Å². The number of halogens is 1. The summed E-state index contributed by atoms with van der Waals surface area (Å²) >= 11 is 6.32. The summed E-state index contributed by atoms with van der Waals surface area (Å²) in [7, 11) is 0. The number of likely N-dealkylation sites (tertiary alicyclic amines) is 1. The van der Waals surface area contributed by atoms with E-state index in [1.807, 2.05) is 30.9 Å². The standard InChI is InChI=1S/C19H21ClN4O/c1-3-14-5-4-8-24(12-14)19(25)15-9-17(20)18(22-10-15)23-16-7-6-13(2)21-11-16/h3,6-7,9-11H,4-5,8,12H2,1-2H3,(H,22,23). The summed E-state index contributed by atoms with van der Waals surface area (Å²) < 4.78 is 0. The maximum Gasteiger partial charge on any atom is 0.255 e. The molecular formula is C19H21ClN4O. The Morgan fingerprint density at radius 3 is 2.84 bits per heavy atom. The van der Waals surface area contributed by atoms with Crippen molar-refractivity contribution in [2.24, 2.45) is 0 Å². The van der Waals surface area contributed by atoms with Crippen molar-refractivity contribution in [3.8, 4) is 0 Å². The van der Waals surface area contributed by atoms with E-state index >= 15 is 0 Å². The summed E-state index contributed by atoms with van der Waals surface area (Å²) in [6.45, 7) is 5.39. The first-order chi connectivity index (χ1) is 12.1. The third-order valence-corrected chi connectivity index (χ3v) is 4.57. The summed E-state index contributed by atoms with van der Waals surface area (Å²) in [5.41, 5.74) is 3.54. The largest absolute Gasteiger partial charge is 0.338 e. The molecule has 2 aromatic heterocycles. The zero-order valence-electron chi connectivity index (χ0n) is 14.4. The molecule has 0 aromatic carbocycles. The Balaban J connectivity index is 1.74. The minimum atomic E-state index is -0.0306. The number of pyridine rings is 2. The Hall–Kier alpha value is -2.40. The van der Waals surface area contributed by atoms with E-state index in [-0.39, 0.29) is 5.91 Å². The van der Waals surface area contributed by atoms with E-state index in [1.165, 1.54) is 5.57 Å². The van der Waals surface area contributed by atoms with Crippen molar-refractivity contribution in [3.63, 3.8) is 0 Å². The van der Waals surface area contributed by atoms with Gasteiger partial charge in [0.15, 0.2) is 0 Å².